The van der Waals surface area contributed by atoms with Crippen LogP contribution in [0.1, 0.15) is 18.0 Å². The summed E-state index contributed by atoms with van der Waals surface area (Å²) in [5, 5.41) is 2.90. The van der Waals surface area contributed by atoms with Crippen molar-refractivity contribution in [3.05, 3.63) is 82.7 Å². The Bertz CT molecular complexity index is 1340. The van der Waals surface area contributed by atoms with Crippen molar-refractivity contribution in [1.82, 2.24) is 14.6 Å². The molecule has 0 saturated carbocycles. The van der Waals surface area contributed by atoms with Gasteiger partial charge in [-0.15, -0.1) is 0 Å². The average Bonchev–Trinajstić information content (AvgIpc) is 3.38. The minimum absolute atomic E-state index is 0.0516. The van der Waals surface area contributed by atoms with Gasteiger partial charge in [0.2, 0.25) is 5.91 Å². The van der Waals surface area contributed by atoms with E-state index in [1.165, 1.54) is 22.7 Å². The number of anilines is 1. The zero-order valence-corrected chi connectivity index (χ0v) is 16.7. The molecule has 0 unspecified atom stereocenters. The maximum absolute atomic E-state index is 13.3. The van der Waals surface area contributed by atoms with E-state index in [1.807, 2.05) is 18.2 Å². The molecule has 1 N–H and O–H groups in total. The minimum Gasteiger partial charge on any atom is -0.495 e. The van der Waals surface area contributed by atoms with E-state index in [2.05, 4.69) is 5.10 Å². The predicted molar refractivity (Wildman–Crippen MR) is 114 cm³/mol. The molecular formula is C23H19FN4O3. The van der Waals surface area contributed by atoms with E-state index in [9.17, 15) is 14.0 Å². The van der Waals surface area contributed by atoms with Crippen LogP contribution in [-0.4, -0.2) is 34.2 Å². The molecule has 1 fully saturated rings. The zero-order chi connectivity index (χ0) is 21.5. The zero-order valence-electron chi connectivity index (χ0n) is 16.7. The van der Waals surface area contributed by atoms with Gasteiger partial charge in [0.25, 0.3) is 5.56 Å². The van der Waals surface area contributed by atoms with E-state index in [4.69, 9.17) is 9.72 Å². The highest BCUT2D eigenvalue weighted by Crippen LogP contribution is 2.36. The highest BCUT2D eigenvalue weighted by atomic mass is 19.1. The smallest absolute Gasteiger partial charge is 0.272 e. The lowest BCUT2D eigenvalue weighted by Crippen LogP contribution is -2.25. The quantitative estimate of drug-likeness (QED) is 0.551. The molecule has 1 amide bonds. The Kier molecular flexibility index (Phi) is 4.54. The lowest BCUT2D eigenvalue weighted by molar-refractivity contribution is -0.117. The molecule has 1 aliphatic heterocycles. The van der Waals surface area contributed by atoms with Gasteiger partial charge in [-0.3, -0.25) is 14.7 Å². The fourth-order valence-electron chi connectivity index (χ4n) is 4.04. The number of para-hydroxylation sites is 2. The van der Waals surface area contributed by atoms with Gasteiger partial charge in [-0.2, -0.15) is 0 Å². The number of aromatic nitrogens is 3. The van der Waals surface area contributed by atoms with Crippen molar-refractivity contribution >= 4 is 17.2 Å². The molecule has 1 atom stereocenters. The van der Waals surface area contributed by atoms with Gasteiger partial charge in [-0.1, -0.05) is 24.3 Å². The minimum atomic E-state index is -0.338. The van der Waals surface area contributed by atoms with Crippen LogP contribution >= 0.6 is 0 Å². The number of fused-ring (bicyclic) bond motifs is 1. The van der Waals surface area contributed by atoms with E-state index < -0.39 is 0 Å². The van der Waals surface area contributed by atoms with Crippen LogP contribution in [0.5, 0.6) is 5.75 Å². The van der Waals surface area contributed by atoms with Gasteiger partial charge in [-0.05, 0) is 29.8 Å². The summed E-state index contributed by atoms with van der Waals surface area (Å²) in [5.41, 5.74) is 2.85. The molecular weight excluding hydrogens is 399 g/mol. The van der Waals surface area contributed by atoms with Crippen LogP contribution in [0.3, 0.4) is 0 Å². The number of H-pyrrole nitrogens is 1. The fraction of sp³-hybridized carbons (Fsp3) is 0.174. The molecule has 0 aliphatic carbocycles. The third kappa shape index (κ3) is 3.26. The molecule has 8 heteroatoms. The highest BCUT2D eigenvalue weighted by molar-refractivity contribution is 5.97. The summed E-state index contributed by atoms with van der Waals surface area (Å²) in [5.74, 6) is -0.00470. The summed E-state index contributed by atoms with van der Waals surface area (Å²) in [6.45, 7) is 0.401. The summed E-state index contributed by atoms with van der Waals surface area (Å²) >= 11 is 0. The van der Waals surface area contributed by atoms with Crippen LogP contribution in [-0.2, 0) is 4.79 Å². The summed E-state index contributed by atoms with van der Waals surface area (Å²) in [6, 6.07) is 14.8. The molecule has 1 saturated heterocycles. The fourth-order valence-corrected chi connectivity index (χ4v) is 4.04. The van der Waals surface area contributed by atoms with E-state index >= 15 is 0 Å². The van der Waals surface area contributed by atoms with Crippen LogP contribution in [0.15, 0.2) is 65.6 Å². The Labute approximate surface area is 176 Å². The van der Waals surface area contributed by atoms with Crippen LogP contribution in [0.25, 0.3) is 16.8 Å². The van der Waals surface area contributed by atoms with Gasteiger partial charge in [0, 0.05) is 36.7 Å². The number of amides is 1. The number of nitrogens with zero attached hydrogens (tertiary/aromatic N) is 3. The molecule has 0 bridgehead atoms. The lowest BCUT2D eigenvalue weighted by Gasteiger charge is -2.19. The molecule has 3 heterocycles. The predicted octanol–water partition coefficient (Wildman–Crippen LogP) is 3.36. The molecule has 0 radical (unpaired) electrons. The molecule has 2 aromatic carbocycles. The molecule has 0 spiro atoms. The normalized spacial score (nSPS) is 16.3. The van der Waals surface area contributed by atoms with Crippen molar-refractivity contribution < 1.29 is 13.9 Å². The van der Waals surface area contributed by atoms with Crippen molar-refractivity contribution in [3.63, 3.8) is 0 Å². The monoisotopic (exact) mass is 418 g/mol. The van der Waals surface area contributed by atoms with Gasteiger partial charge >= 0.3 is 0 Å². The number of halogens is 1. The first-order chi connectivity index (χ1) is 15.0. The maximum atomic E-state index is 13.3. The first-order valence-electron chi connectivity index (χ1n) is 9.85. The highest BCUT2D eigenvalue weighted by Gasteiger charge is 2.34. The number of benzene rings is 2. The number of aromatic amines is 1. The Morgan fingerprint density at radius 3 is 2.68 bits per heavy atom. The van der Waals surface area contributed by atoms with Crippen molar-refractivity contribution in [1.29, 1.82) is 0 Å². The topological polar surface area (TPSA) is 79.7 Å². The summed E-state index contributed by atoms with van der Waals surface area (Å²) in [4.78, 5) is 31.8. The van der Waals surface area contributed by atoms with Gasteiger partial charge in [0.1, 0.15) is 11.6 Å². The van der Waals surface area contributed by atoms with Crippen LogP contribution in [0.4, 0.5) is 10.1 Å². The number of carbonyl (C=O) groups is 1. The Morgan fingerprint density at radius 1 is 1.13 bits per heavy atom. The van der Waals surface area contributed by atoms with Gasteiger partial charge in [0.05, 0.1) is 18.5 Å². The molecule has 31 heavy (non-hydrogen) atoms. The second kappa shape index (κ2) is 7.39. The number of nitrogens with one attached hydrogen (secondary N) is 1. The number of ether oxygens (including phenoxy) is 1. The number of rotatable bonds is 4. The summed E-state index contributed by atoms with van der Waals surface area (Å²) < 4.78 is 20.1. The van der Waals surface area contributed by atoms with E-state index in [-0.39, 0.29) is 29.6 Å². The standard InChI is InChI=1S/C23H19FN4O3/c1-31-20-5-3-2-4-19(20)27-13-15(10-21(27)29)18-11-22(30)28-23(26-18)17(12-25-28)14-6-8-16(24)9-7-14/h2-9,11-12,15,25H,10,13H2,1H3/t15-/m0/s1. The van der Waals surface area contributed by atoms with E-state index in [0.717, 1.165) is 5.56 Å². The van der Waals surface area contributed by atoms with Crippen molar-refractivity contribution in [2.75, 3.05) is 18.6 Å². The lowest BCUT2D eigenvalue weighted by atomic mass is 10.0. The molecule has 2 aromatic heterocycles. The van der Waals surface area contributed by atoms with Crippen LogP contribution in [0, 0.1) is 5.82 Å². The van der Waals surface area contributed by atoms with Crippen molar-refractivity contribution in [2.45, 2.75) is 12.3 Å². The summed E-state index contributed by atoms with van der Waals surface area (Å²) in [6.07, 6.45) is 1.92. The van der Waals surface area contributed by atoms with Crippen molar-refractivity contribution in [2.24, 2.45) is 0 Å². The number of carbonyl (C=O) groups excluding carboxylic acids is 1. The first-order valence-corrected chi connectivity index (χ1v) is 9.85. The number of methoxy groups -OCH3 is 1. The SMILES string of the molecule is COc1ccccc1N1C[C@@H](c2cc(=O)n3[nH]cc(-c4ccc(F)cc4)c3n2)CC1=O. The molecule has 7 nitrogen and oxygen atoms in total. The molecule has 5 rings (SSSR count). The second-order valence-electron chi connectivity index (χ2n) is 7.45. The van der Waals surface area contributed by atoms with Crippen molar-refractivity contribution in [3.8, 4) is 16.9 Å². The van der Waals surface area contributed by atoms with Gasteiger partial charge in [0.15, 0.2) is 5.65 Å². The molecule has 156 valence electrons. The van der Waals surface area contributed by atoms with E-state index in [0.29, 0.717) is 34.9 Å². The number of hydrogen-bond acceptors (Lipinski definition) is 4. The Hall–Kier alpha value is -3.94. The average molecular weight is 418 g/mol. The maximum Gasteiger partial charge on any atom is 0.272 e. The largest absolute Gasteiger partial charge is 0.495 e. The van der Waals surface area contributed by atoms with E-state index in [1.54, 1.807) is 36.4 Å². The number of hydrogen-bond donors (Lipinski definition) is 1. The van der Waals surface area contributed by atoms with Crippen LogP contribution in [0.2, 0.25) is 0 Å². The Morgan fingerprint density at radius 2 is 1.90 bits per heavy atom. The van der Waals surface area contributed by atoms with Gasteiger partial charge in [-0.25, -0.2) is 13.9 Å². The molecule has 4 aromatic rings. The molecule has 1 aliphatic rings. The third-order valence-electron chi connectivity index (χ3n) is 5.59. The summed E-state index contributed by atoms with van der Waals surface area (Å²) in [7, 11) is 1.57. The van der Waals surface area contributed by atoms with Gasteiger partial charge < -0.3 is 9.64 Å². The second-order valence-corrected chi connectivity index (χ2v) is 7.45. The van der Waals surface area contributed by atoms with Crippen LogP contribution < -0.4 is 15.2 Å². The first kappa shape index (κ1) is 19.0. The Balaban J connectivity index is 1.53. The third-order valence-corrected chi connectivity index (χ3v) is 5.59.